The summed E-state index contributed by atoms with van der Waals surface area (Å²) < 4.78 is 8.62. The van der Waals surface area contributed by atoms with Crippen molar-refractivity contribution in [2.24, 2.45) is 5.92 Å². The molecular formula is C22H23BrN6O3. The Kier molecular flexibility index (Phi) is 5.36. The summed E-state index contributed by atoms with van der Waals surface area (Å²) >= 11 is 3.38. The van der Waals surface area contributed by atoms with Crippen LogP contribution in [0.4, 0.5) is 11.6 Å². The highest BCUT2D eigenvalue weighted by Crippen LogP contribution is 2.38. The van der Waals surface area contributed by atoms with E-state index in [1.807, 2.05) is 41.1 Å². The molecule has 0 bridgehead atoms. The van der Waals surface area contributed by atoms with Crippen LogP contribution >= 0.6 is 15.9 Å². The summed E-state index contributed by atoms with van der Waals surface area (Å²) in [5.41, 5.74) is 7.33. The molecule has 166 valence electrons. The zero-order valence-corrected chi connectivity index (χ0v) is 18.9. The summed E-state index contributed by atoms with van der Waals surface area (Å²) in [5.74, 6) is 1.53. The number of aromatic nitrogens is 4. The van der Waals surface area contributed by atoms with Gasteiger partial charge in [-0.15, -0.1) is 0 Å². The lowest BCUT2D eigenvalue weighted by Gasteiger charge is -2.19. The SMILES string of the molecule is CNc1ncnc2c1ccn2[C@@H]1C[C@H](COc2ccc3cc(Br)c(N)nc3c2)[C@@H](O)[C@H]1O. The Hall–Kier alpha value is -2.95. The Morgan fingerprint density at radius 2 is 2.06 bits per heavy atom. The van der Waals surface area contributed by atoms with E-state index in [1.165, 1.54) is 6.33 Å². The van der Waals surface area contributed by atoms with E-state index in [-0.39, 0.29) is 18.6 Å². The molecule has 0 aliphatic heterocycles. The van der Waals surface area contributed by atoms with E-state index in [9.17, 15) is 10.2 Å². The molecule has 4 aromatic rings. The molecule has 5 rings (SSSR count). The molecule has 1 aliphatic rings. The number of rotatable bonds is 5. The molecule has 0 radical (unpaired) electrons. The number of pyridine rings is 1. The van der Waals surface area contributed by atoms with Crippen LogP contribution in [-0.4, -0.2) is 55.6 Å². The van der Waals surface area contributed by atoms with E-state index in [1.54, 1.807) is 7.05 Å². The third kappa shape index (κ3) is 3.54. The second kappa shape index (κ2) is 8.19. The highest BCUT2D eigenvalue weighted by atomic mass is 79.9. The summed E-state index contributed by atoms with van der Waals surface area (Å²) in [6, 6.07) is 9.10. The van der Waals surface area contributed by atoms with Gasteiger partial charge in [-0.25, -0.2) is 15.0 Å². The van der Waals surface area contributed by atoms with Crippen LogP contribution in [-0.2, 0) is 0 Å². The van der Waals surface area contributed by atoms with Crippen molar-refractivity contribution < 1.29 is 14.9 Å². The summed E-state index contributed by atoms with van der Waals surface area (Å²) in [5, 5.41) is 26.3. The fraction of sp³-hybridized carbons (Fsp3) is 0.318. The monoisotopic (exact) mass is 498 g/mol. The highest BCUT2D eigenvalue weighted by Gasteiger charge is 2.43. The first-order valence-electron chi connectivity index (χ1n) is 10.3. The fourth-order valence-electron chi connectivity index (χ4n) is 4.41. The van der Waals surface area contributed by atoms with E-state index in [0.29, 0.717) is 23.6 Å². The van der Waals surface area contributed by atoms with Gasteiger partial charge < -0.3 is 30.6 Å². The number of aliphatic hydroxyl groups excluding tert-OH is 2. The predicted molar refractivity (Wildman–Crippen MR) is 126 cm³/mol. The lowest BCUT2D eigenvalue weighted by molar-refractivity contribution is -0.00141. The molecule has 10 heteroatoms. The molecule has 32 heavy (non-hydrogen) atoms. The van der Waals surface area contributed by atoms with Gasteiger partial charge in [-0.05, 0) is 46.6 Å². The third-order valence-electron chi connectivity index (χ3n) is 6.11. The van der Waals surface area contributed by atoms with E-state index in [4.69, 9.17) is 10.5 Å². The van der Waals surface area contributed by atoms with Crippen molar-refractivity contribution in [1.82, 2.24) is 19.5 Å². The number of hydrogen-bond donors (Lipinski definition) is 4. The van der Waals surface area contributed by atoms with Gasteiger partial charge in [0.25, 0.3) is 0 Å². The van der Waals surface area contributed by atoms with Gasteiger partial charge in [0.1, 0.15) is 35.5 Å². The van der Waals surface area contributed by atoms with Gasteiger partial charge in [0, 0.05) is 30.6 Å². The zero-order chi connectivity index (χ0) is 22.4. The summed E-state index contributed by atoms with van der Waals surface area (Å²) in [6.07, 6.45) is 2.08. The van der Waals surface area contributed by atoms with Gasteiger partial charge in [0.2, 0.25) is 0 Å². The van der Waals surface area contributed by atoms with Crippen molar-refractivity contribution in [2.75, 3.05) is 24.7 Å². The van der Waals surface area contributed by atoms with Crippen LogP contribution in [0.15, 0.2) is 47.3 Å². The second-order valence-electron chi connectivity index (χ2n) is 8.00. The fourth-order valence-corrected chi connectivity index (χ4v) is 4.74. The van der Waals surface area contributed by atoms with Crippen LogP contribution in [0.1, 0.15) is 12.5 Å². The van der Waals surface area contributed by atoms with Crippen LogP contribution in [0, 0.1) is 5.92 Å². The molecule has 1 fully saturated rings. The first kappa shape index (κ1) is 20.9. The Balaban J connectivity index is 1.34. The number of anilines is 2. The standard InChI is InChI=1S/C22H23BrN6O3/c1-25-21-14-4-5-29(22(14)27-10-26-21)17-7-12(18(30)19(17)31)9-32-13-3-2-11-6-15(23)20(24)28-16(11)8-13/h2-6,8,10,12,17-19,30-31H,7,9H2,1H3,(H2,24,28)(H,25,26,27)/t12-,17-,18-,19+/m1/s1. The average Bonchev–Trinajstić information content (AvgIpc) is 3.34. The number of aliphatic hydroxyl groups is 2. The maximum Gasteiger partial charge on any atom is 0.145 e. The predicted octanol–water partition coefficient (Wildman–Crippen LogP) is 2.73. The van der Waals surface area contributed by atoms with E-state index >= 15 is 0 Å². The molecule has 9 nitrogen and oxygen atoms in total. The van der Waals surface area contributed by atoms with Crippen LogP contribution in [0.5, 0.6) is 5.75 Å². The van der Waals surface area contributed by atoms with Crippen molar-refractivity contribution in [2.45, 2.75) is 24.7 Å². The maximum atomic E-state index is 10.8. The summed E-state index contributed by atoms with van der Waals surface area (Å²) in [7, 11) is 1.80. The number of nitrogens with two attached hydrogens (primary N) is 1. The number of hydrogen-bond acceptors (Lipinski definition) is 8. The molecule has 5 N–H and O–H groups in total. The van der Waals surface area contributed by atoms with Crippen molar-refractivity contribution in [3.63, 3.8) is 0 Å². The zero-order valence-electron chi connectivity index (χ0n) is 17.3. The Morgan fingerprint density at radius 1 is 1.22 bits per heavy atom. The lowest BCUT2D eigenvalue weighted by atomic mass is 10.1. The molecule has 3 heterocycles. The highest BCUT2D eigenvalue weighted by molar-refractivity contribution is 9.10. The quantitative estimate of drug-likeness (QED) is 0.330. The molecule has 0 spiro atoms. The number of benzene rings is 1. The molecule has 4 atom stereocenters. The molecule has 0 amide bonds. The van der Waals surface area contributed by atoms with Crippen LogP contribution < -0.4 is 15.8 Å². The largest absolute Gasteiger partial charge is 0.493 e. The maximum absolute atomic E-state index is 10.8. The van der Waals surface area contributed by atoms with E-state index in [2.05, 4.69) is 36.2 Å². The molecule has 1 saturated carbocycles. The first-order valence-corrected chi connectivity index (χ1v) is 11.1. The van der Waals surface area contributed by atoms with Crippen LogP contribution in [0.2, 0.25) is 0 Å². The van der Waals surface area contributed by atoms with Crippen molar-refractivity contribution in [1.29, 1.82) is 0 Å². The first-order chi connectivity index (χ1) is 15.5. The Bertz CT molecular complexity index is 1300. The van der Waals surface area contributed by atoms with Crippen LogP contribution in [0.25, 0.3) is 21.9 Å². The number of ether oxygens (including phenoxy) is 1. The van der Waals surface area contributed by atoms with E-state index < -0.39 is 12.2 Å². The third-order valence-corrected chi connectivity index (χ3v) is 6.74. The molecular weight excluding hydrogens is 476 g/mol. The molecule has 3 aromatic heterocycles. The number of nitrogens with one attached hydrogen (secondary N) is 1. The number of nitrogen functional groups attached to an aromatic ring is 1. The van der Waals surface area contributed by atoms with Gasteiger partial charge in [-0.3, -0.25) is 0 Å². The topological polar surface area (TPSA) is 131 Å². The van der Waals surface area contributed by atoms with E-state index in [0.717, 1.165) is 26.6 Å². The number of nitrogens with zero attached hydrogens (tertiary/aromatic N) is 4. The van der Waals surface area contributed by atoms with Gasteiger partial charge in [-0.2, -0.15) is 0 Å². The normalized spacial score (nSPS) is 23.1. The molecule has 1 aromatic carbocycles. The van der Waals surface area contributed by atoms with Gasteiger partial charge in [-0.1, -0.05) is 0 Å². The van der Waals surface area contributed by atoms with Gasteiger partial charge >= 0.3 is 0 Å². The minimum absolute atomic E-state index is 0.239. The van der Waals surface area contributed by atoms with Gasteiger partial charge in [0.05, 0.1) is 34.1 Å². The smallest absolute Gasteiger partial charge is 0.145 e. The molecule has 1 aliphatic carbocycles. The molecule has 0 unspecified atom stereocenters. The molecule has 0 saturated heterocycles. The summed E-state index contributed by atoms with van der Waals surface area (Å²) in [6.45, 7) is 0.266. The summed E-state index contributed by atoms with van der Waals surface area (Å²) in [4.78, 5) is 13.0. The van der Waals surface area contributed by atoms with Gasteiger partial charge in [0.15, 0.2) is 0 Å². The van der Waals surface area contributed by atoms with Crippen molar-refractivity contribution in [3.8, 4) is 5.75 Å². The van der Waals surface area contributed by atoms with Crippen LogP contribution in [0.3, 0.4) is 0 Å². The minimum atomic E-state index is -0.928. The average molecular weight is 499 g/mol. The number of halogens is 1. The lowest BCUT2D eigenvalue weighted by Crippen LogP contribution is -2.31. The second-order valence-corrected chi connectivity index (χ2v) is 8.85. The number of fused-ring (bicyclic) bond motifs is 2. The minimum Gasteiger partial charge on any atom is -0.493 e. The van der Waals surface area contributed by atoms with Crippen molar-refractivity contribution in [3.05, 3.63) is 47.3 Å². The Morgan fingerprint density at radius 3 is 2.88 bits per heavy atom. The Labute approximate surface area is 192 Å². The van der Waals surface area contributed by atoms with Crippen molar-refractivity contribution >= 4 is 49.5 Å².